The number of rotatable bonds is 59. The number of allylic oxidation sites excluding steroid dienone is 2. The van der Waals surface area contributed by atoms with E-state index >= 15 is 0 Å². The molecule has 0 amide bonds. The van der Waals surface area contributed by atoms with Crippen LogP contribution in [0.25, 0.3) is 0 Å². The van der Waals surface area contributed by atoms with Crippen LogP contribution in [0.5, 0.6) is 0 Å². The van der Waals surface area contributed by atoms with Crippen LogP contribution >= 0.6 is 0 Å². The Morgan fingerprint density at radius 3 is 0.838 bits per heavy atom. The SMILES string of the molecule is CCCCCCCCCCCCCCCCCCCCCCCCCCCCCCCCCCCCCCCCCCCC/C=C/CCCCCCCCCCCCCC1CC(=O)OCC(CO)(CO)COC1=O. The lowest BCUT2D eigenvalue weighted by Crippen LogP contribution is -2.40. The Labute approximate surface area is 462 Å². The van der Waals surface area contributed by atoms with Gasteiger partial charge in [0.25, 0.3) is 0 Å². The molecule has 0 aliphatic carbocycles. The zero-order valence-electron chi connectivity index (χ0n) is 49.9. The number of cyclic esters (lactones) is 2. The van der Waals surface area contributed by atoms with Crippen LogP contribution < -0.4 is 0 Å². The summed E-state index contributed by atoms with van der Waals surface area (Å²) in [6, 6.07) is 0. The third-order valence-corrected chi connectivity index (χ3v) is 16.8. The van der Waals surface area contributed by atoms with Gasteiger partial charge in [-0.15, -0.1) is 0 Å². The number of hydrogen-bond acceptors (Lipinski definition) is 6. The fraction of sp³-hybridized carbons (Fsp3) is 0.941. The molecule has 1 unspecified atom stereocenters. The van der Waals surface area contributed by atoms with E-state index < -0.39 is 36.5 Å². The monoisotopic (exact) mass is 1040 g/mol. The lowest BCUT2D eigenvalue weighted by atomic mass is 9.92. The fourth-order valence-corrected chi connectivity index (χ4v) is 11.3. The van der Waals surface area contributed by atoms with Gasteiger partial charge in [-0.05, 0) is 32.1 Å². The molecule has 0 radical (unpaired) electrons. The molecule has 2 N–H and O–H groups in total. The maximum absolute atomic E-state index is 12.5. The van der Waals surface area contributed by atoms with E-state index in [0.717, 1.165) is 19.3 Å². The topological polar surface area (TPSA) is 93.1 Å². The van der Waals surface area contributed by atoms with Crippen LogP contribution in [0.2, 0.25) is 0 Å². The van der Waals surface area contributed by atoms with Crippen molar-refractivity contribution in [2.75, 3.05) is 26.4 Å². The highest BCUT2D eigenvalue weighted by molar-refractivity contribution is 5.80. The van der Waals surface area contributed by atoms with Crippen LogP contribution in [0.3, 0.4) is 0 Å². The molecular weight excluding hydrogens is 913 g/mol. The van der Waals surface area contributed by atoms with E-state index in [-0.39, 0.29) is 19.6 Å². The summed E-state index contributed by atoms with van der Waals surface area (Å²) in [5.74, 6) is -1.41. The molecule has 0 saturated carbocycles. The van der Waals surface area contributed by atoms with Gasteiger partial charge in [0.15, 0.2) is 0 Å². The third kappa shape index (κ3) is 48.9. The third-order valence-electron chi connectivity index (χ3n) is 16.8. The number of aliphatic hydroxyl groups is 2. The van der Waals surface area contributed by atoms with Crippen molar-refractivity contribution in [1.29, 1.82) is 0 Å². The van der Waals surface area contributed by atoms with E-state index in [4.69, 9.17) is 9.47 Å². The average molecular weight is 1040 g/mol. The first-order chi connectivity index (χ1) is 36.6. The van der Waals surface area contributed by atoms with Gasteiger partial charge in [0.05, 0.1) is 31.0 Å². The van der Waals surface area contributed by atoms with E-state index in [1.807, 2.05) is 0 Å². The molecule has 0 aromatic carbocycles. The highest BCUT2D eigenvalue weighted by atomic mass is 16.6. The van der Waals surface area contributed by atoms with Gasteiger partial charge >= 0.3 is 11.9 Å². The molecule has 0 bridgehead atoms. The highest BCUT2D eigenvalue weighted by Gasteiger charge is 2.36. The minimum atomic E-state index is -1.13. The van der Waals surface area contributed by atoms with E-state index in [0.29, 0.717) is 6.42 Å². The fourth-order valence-electron chi connectivity index (χ4n) is 11.3. The van der Waals surface area contributed by atoms with E-state index in [1.165, 1.54) is 334 Å². The lowest BCUT2D eigenvalue weighted by Gasteiger charge is -2.27. The van der Waals surface area contributed by atoms with Crippen LogP contribution in [0.1, 0.15) is 373 Å². The number of hydrogen-bond donors (Lipinski definition) is 2. The summed E-state index contributed by atoms with van der Waals surface area (Å²) in [6.07, 6.45) is 83.2. The number of ether oxygens (including phenoxy) is 2. The first kappa shape index (κ1) is 70.6. The number of carbonyl (C=O) groups is 2. The molecule has 1 saturated heterocycles. The van der Waals surface area contributed by atoms with Gasteiger partial charge in [0.2, 0.25) is 0 Å². The number of esters is 2. The normalized spacial score (nSPS) is 15.1. The largest absolute Gasteiger partial charge is 0.465 e. The lowest BCUT2D eigenvalue weighted by molar-refractivity contribution is -0.155. The van der Waals surface area contributed by atoms with Gasteiger partial charge in [0, 0.05) is 0 Å². The molecule has 6 nitrogen and oxygen atoms in total. The minimum absolute atomic E-state index is 0.00191. The van der Waals surface area contributed by atoms with Gasteiger partial charge in [-0.2, -0.15) is 0 Å². The Morgan fingerprint density at radius 1 is 0.351 bits per heavy atom. The summed E-state index contributed by atoms with van der Waals surface area (Å²) in [5, 5.41) is 19.2. The second-order valence-corrected chi connectivity index (χ2v) is 24.2. The van der Waals surface area contributed by atoms with Crippen molar-refractivity contribution in [3.8, 4) is 0 Å². The summed E-state index contributed by atoms with van der Waals surface area (Å²) >= 11 is 0. The van der Waals surface area contributed by atoms with Gasteiger partial charge in [-0.25, -0.2) is 0 Å². The molecule has 1 heterocycles. The molecule has 1 rings (SSSR count). The maximum atomic E-state index is 12.5. The van der Waals surface area contributed by atoms with Crippen molar-refractivity contribution in [3.63, 3.8) is 0 Å². The molecule has 74 heavy (non-hydrogen) atoms. The Balaban J connectivity index is 1.67. The standard InChI is InChI=1S/C68H130O6/c1-2-3-4-5-6-7-8-9-10-11-12-13-14-15-16-17-18-19-20-21-22-23-24-25-26-27-28-29-30-31-32-33-34-35-36-37-38-39-40-41-42-43-44-45-46-47-48-49-50-51-52-53-54-55-56-57-58-59-65-60-66(71)73-63-68(61-69,62-70)64-74-67(65)72/h45-46,65,69-70H,2-44,47-64H2,1H3/b46-45+. The van der Waals surface area contributed by atoms with Crippen LogP contribution in [-0.2, 0) is 19.1 Å². The van der Waals surface area contributed by atoms with Crippen molar-refractivity contribution < 1.29 is 29.3 Å². The van der Waals surface area contributed by atoms with Crippen molar-refractivity contribution in [1.82, 2.24) is 0 Å². The van der Waals surface area contributed by atoms with Crippen molar-refractivity contribution >= 4 is 11.9 Å². The Kier molecular flexibility index (Phi) is 55.1. The van der Waals surface area contributed by atoms with Gasteiger partial charge in [-0.1, -0.05) is 347 Å². The maximum Gasteiger partial charge on any atom is 0.309 e. The van der Waals surface area contributed by atoms with Crippen LogP contribution in [0, 0.1) is 11.3 Å². The summed E-state index contributed by atoms with van der Waals surface area (Å²) in [6.45, 7) is 1.21. The molecule has 438 valence electrons. The zero-order valence-corrected chi connectivity index (χ0v) is 49.9. The second-order valence-electron chi connectivity index (χ2n) is 24.2. The van der Waals surface area contributed by atoms with Crippen molar-refractivity contribution in [2.45, 2.75) is 373 Å². The van der Waals surface area contributed by atoms with Gasteiger partial charge < -0.3 is 19.7 Å². The van der Waals surface area contributed by atoms with E-state index in [9.17, 15) is 19.8 Å². The predicted octanol–water partition coefficient (Wildman–Crippen LogP) is 21.5. The summed E-state index contributed by atoms with van der Waals surface area (Å²) in [4.78, 5) is 24.7. The molecule has 6 heteroatoms. The first-order valence-electron chi connectivity index (χ1n) is 33.8. The summed E-state index contributed by atoms with van der Waals surface area (Å²) in [5.41, 5.74) is -1.13. The highest BCUT2D eigenvalue weighted by Crippen LogP contribution is 2.25. The quantitative estimate of drug-likeness (QED) is 0.0358. The Hall–Kier alpha value is -1.40. The molecule has 1 fully saturated rings. The van der Waals surface area contributed by atoms with Crippen molar-refractivity contribution in [3.05, 3.63) is 12.2 Å². The summed E-state index contributed by atoms with van der Waals surface area (Å²) in [7, 11) is 0. The second kappa shape index (κ2) is 57.8. The smallest absolute Gasteiger partial charge is 0.309 e. The summed E-state index contributed by atoms with van der Waals surface area (Å²) < 4.78 is 10.6. The van der Waals surface area contributed by atoms with Gasteiger partial charge in [-0.3, -0.25) is 9.59 Å². The molecule has 0 aromatic rings. The predicted molar refractivity (Wildman–Crippen MR) is 320 cm³/mol. The molecule has 1 aliphatic rings. The molecular formula is C68H130O6. The van der Waals surface area contributed by atoms with Crippen LogP contribution in [0.4, 0.5) is 0 Å². The first-order valence-corrected chi connectivity index (χ1v) is 33.8. The Morgan fingerprint density at radius 2 is 0.581 bits per heavy atom. The van der Waals surface area contributed by atoms with E-state index in [2.05, 4.69) is 19.1 Å². The minimum Gasteiger partial charge on any atom is -0.465 e. The van der Waals surface area contributed by atoms with E-state index in [1.54, 1.807) is 0 Å². The Bertz CT molecular complexity index is 1160. The molecule has 0 spiro atoms. The van der Waals surface area contributed by atoms with Crippen molar-refractivity contribution in [2.24, 2.45) is 11.3 Å². The van der Waals surface area contributed by atoms with Crippen LogP contribution in [-0.4, -0.2) is 48.6 Å². The molecule has 0 aromatic heterocycles. The average Bonchev–Trinajstić information content (AvgIpc) is 3.47. The zero-order chi connectivity index (χ0) is 53.2. The van der Waals surface area contributed by atoms with Crippen LogP contribution in [0.15, 0.2) is 12.2 Å². The number of aliphatic hydroxyl groups excluding tert-OH is 2. The molecule has 1 atom stereocenters. The number of unbranched alkanes of at least 4 members (excludes halogenated alkanes) is 53. The molecule has 1 aliphatic heterocycles. The van der Waals surface area contributed by atoms with Gasteiger partial charge in [0.1, 0.15) is 13.2 Å². The number of carbonyl (C=O) groups excluding carboxylic acids is 2.